The van der Waals surface area contributed by atoms with E-state index in [2.05, 4.69) is 73.7 Å². The first-order valence-electron chi connectivity index (χ1n) is 10.6. The minimum Gasteiger partial charge on any atom is -0.494 e. The summed E-state index contributed by atoms with van der Waals surface area (Å²) >= 11 is 0. The molecule has 0 saturated heterocycles. The molecule has 1 heterocycles. The Morgan fingerprint density at radius 1 is 0.933 bits per heavy atom. The van der Waals surface area contributed by atoms with Gasteiger partial charge in [0.25, 0.3) is 0 Å². The van der Waals surface area contributed by atoms with Crippen molar-refractivity contribution in [3.8, 4) is 16.9 Å². The smallest absolute Gasteiger partial charge is 0.192 e. The second-order valence-electron chi connectivity index (χ2n) is 7.86. The minimum absolute atomic E-state index is 0.509. The third kappa shape index (κ3) is 3.90. The molecule has 3 aromatic carbocycles. The summed E-state index contributed by atoms with van der Waals surface area (Å²) in [4.78, 5) is 6.96. The number of benzene rings is 3. The zero-order chi connectivity index (χ0) is 21.0. The third-order valence-electron chi connectivity index (χ3n) is 5.69. The number of guanidine groups is 1. The fourth-order valence-corrected chi connectivity index (χ4v) is 3.99. The van der Waals surface area contributed by atoms with Gasteiger partial charge in [-0.3, -0.25) is 0 Å². The first kappa shape index (κ1) is 20.0. The van der Waals surface area contributed by atoms with Crippen molar-refractivity contribution in [2.24, 2.45) is 10.7 Å². The van der Waals surface area contributed by atoms with Crippen molar-refractivity contribution < 1.29 is 4.74 Å². The molecule has 0 radical (unpaired) electrons. The van der Waals surface area contributed by atoms with Gasteiger partial charge in [-0.05, 0) is 46.9 Å². The summed E-state index contributed by atoms with van der Waals surface area (Å²) < 4.78 is 5.91. The Kier molecular flexibility index (Phi) is 5.75. The van der Waals surface area contributed by atoms with Crippen LogP contribution in [0.15, 0.2) is 83.9 Å². The van der Waals surface area contributed by atoms with Crippen LogP contribution in [0.5, 0.6) is 5.75 Å². The third-order valence-corrected chi connectivity index (χ3v) is 5.69. The number of aliphatic imine (C=N–C) groups is 1. The lowest BCUT2D eigenvalue weighted by Crippen LogP contribution is -2.34. The summed E-state index contributed by atoms with van der Waals surface area (Å²) in [6.45, 7) is 3.63. The van der Waals surface area contributed by atoms with E-state index in [1.807, 2.05) is 24.1 Å². The zero-order valence-corrected chi connectivity index (χ0v) is 17.7. The van der Waals surface area contributed by atoms with Crippen LogP contribution in [-0.4, -0.2) is 31.1 Å². The van der Waals surface area contributed by atoms with Gasteiger partial charge in [0.15, 0.2) is 5.96 Å². The summed E-state index contributed by atoms with van der Waals surface area (Å²) in [6.07, 6.45) is 2.19. The molecule has 0 amide bonds. The van der Waals surface area contributed by atoms with E-state index >= 15 is 0 Å². The predicted octanol–water partition coefficient (Wildman–Crippen LogP) is 5.04. The molecule has 0 aliphatic carbocycles. The molecule has 1 aliphatic rings. The molecule has 1 unspecified atom stereocenters. The SMILES string of the molecule is CCCCOc1cccc(-c2cccc(C3(c4ccccc4)CN(C)C(N)=N3)c2)c1. The number of rotatable bonds is 7. The van der Waals surface area contributed by atoms with Crippen LogP contribution in [0.3, 0.4) is 0 Å². The second-order valence-corrected chi connectivity index (χ2v) is 7.86. The average molecular weight is 400 g/mol. The van der Waals surface area contributed by atoms with E-state index in [-0.39, 0.29) is 0 Å². The lowest BCUT2D eigenvalue weighted by molar-refractivity contribution is 0.309. The molecule has 0 bridgehead atoms. The maximum atomic E-state index is 6.21. The van der Waals surface area contributed by atoms with Crippen molar-refractivity contribution in [3.05, 3.63) is 90.0 Å². The predicted molar refractivity (Wildman–Crippen MR) is 124 cm³/mol. The molecule has 1 aliphatic heterocycles. The van der Waals surface area contributed by atoms with Crippen molar-refractivity contribution in [1.29, 1.82) is 0 Å². The summed E-state index contributed by atoms with van der Waals surface area (Å²) in [6, 6.07) is 27.3. The summed E-state index contributed by atoms with van der Waals surface area (Å²) in [5.74, 6) is 1.47. The Labute approximate surface area is 179 Å². The van der Waals surface area contributed by atoms with Crippen LogP contribution in [0, 0.1) is 0 Å². The van der Waals surface area contributed by atoms with E-state index in [0.29, 0.717) is 12.5 Å². The molecule has 0 saturated carbocycles. The molecule has 0 spiro atoms. The first-order valence-corrected chi connectivity index (χ1v) is 10.6. The van der Waals surface area contributed by atoms with Crippen molar-refractivity contribution in [2.75, 3.05) is 20.2 Å². The first-order chi connectivity index (χ1) is 14.6. The van der Waals surface area contributed by atoms with Crippen molar-refractivity contribution >= 4 is 5.96 Å². The van der Waals surface area contributed by atoms with Crippen LogP contribution in [0.25, 0.3) is 11.1 Å². The van der Waals surface area contributed by atoms with Crippen LogP contribution in [0.4, 0.5) is 0 Å². The Hall–Kier alpha value is -3.27. The van der Waals surface area contributed by atoms with Gasteiger partial charge in [0.1, 0.15) is 11.3 Å². The molecule has 4 heteroatoms. The minimum atomic E-state index is -0.509. The van der Waals surface area contributed by atoms with Crippen molar-refractivity contribution in [3.63, 3.8) is 0 Å². The van der Waals surface area contributed by atoms with Crippen LogP contribution >= 0.6 is 0 Å². The van der Waals surface area contributed by atoms with Gasteiger partial charge in [0.2, 0.25) is 0 Å². The molecule has 3 aromatic rings. The summed E-state index contributed by atoms with van der Waals surface area (Å²) in [7, 11) is 1.99. The topological polar surface area (TPSA) is 50.9 Å². The van der Waals surface area contributed by atoms with Gasteiger partial charge in [-0.25, -0.2) is 4.99 Å². The Balaban J connectivity index is 1.73. The maximum Gasteiger partial charge on any atom is 0.192 e. The summed E-state index contributed by atoms with van der Waals surface area (Å²) in [5, 5.41) is 0. The van der Waals surface area contributed by atoms with Gasteiger partial charge in [-0.15, -0.1) is 0 Å². The number of nitrogens with two attached hydrogens (primary N) is 1. The molecule has 0 fully saturated rings. The summed E-state index contributed by atoms with van der Waals surface area (Å²) in [5.41, 5.74) is 10.3. The highest BCUT2D eigenvalue weighted by Gasteiger charge is 2.40. The van der Waals surface area contributed by atoms with E-state index in [1.165, 1.54) is 0 Å². The van der Waals surface area contributed by atoms with Crippen LogP contribution in [0.2, 0.25) is 0 Å². The largest absolute Gasteiger partial charge is 0.494 e. The Morgan fingerprint density at radius 3 is 2.33 bits per heavy atom. The Morgan fingerprint density at radius 2 is 1.63 bits per heavy atom. The molecule has 0 aromatic heterocycles. The highest BCUT2D eigenvalue weighted by atomic mass is 16.5. The van der Waals surface area contributed by atoms with E-state index in [4.69, 9.17) is 15.5 Å². The lowest BCUT2D eigenvalue weighted by atomic mass is 9.82. The zero-order valence-electron chi connectivity index (χ0n) is 17.7. The highest BCUT2D eigenvalue weighted by Crippen LogP contribution is 2.39. The second kappa shape index (κ2) is 8.62. The van der Waals surface area contributed by atoms with E-state index < -0.39 is 5.54 Å². The van der Waals surface area contributed by atoms with Crippen LogP contribution in [-0.2, 0) is 5.54 Å². The van der Waals surface area contributed by atoms with Gasteiger partial charge in [-0.1, -0.05) is 74.0 Å². The number of hydrogen-bond donors (Lipinski definition) is 1. The quantitative estimate of drug-likeness (QED) is 0.567. The molecule has 30 heavy (non-hydrogen) atoms. The molecule has 154 valence electrons. The van der Waals surface area contributed by atoms with Gasteiger partial charge in [0.05, 0.1) is 13.2 Å². The normalized spacial score (nSPS) is 18.3. The van der Waals surface area contributed by atoms with Crippen molar-refractivity contribution in [2.45, 2.75) is 25.3 Å². The number of unbranched alkanes of at least 4 members (excludes halogenated alkanes) is 1. The molecule has 1 atom stereocenters. The fraction of sp³-hybridized carbons (Fsp3) is 0.269. The standard InChI is InChI=1S/C26H29N3O/c1-3-4-16-30-24-15-9-11-21(18-24)20-10-8-14-23(17-20)26(19-29(2)25(27)28-26)22-12-6-5-7-13-22/h5-15,17-18H,3-4,16,19H2,1-2H3,(H2,27,28). The Bertz CT molecular complexity index is 1030. The molecular weight excluding hydrogens is 370 g/mol. The van der Waals surface area contributed by atoms with E-state index in [9.17, 15) is 0 Å². The number of ether oxygens (including phenoxy) is 1. The number of likely N-dealkylation sites (N-methyl/N-ethyl adjacent to an activating group) is 1. The maximum absolute atomic E-state index is 6.21. The van der Waals surface area contributed by atoms with E-state index in [1.54, 1.807) is 0 Å². The van der Waals surface area contributed by atoms with Crippen molar-refractivity contribution in [1.82, 2.24) is 4.90 Å². The van der Waals surface area contributed by atoms with Gasteiger partial charge in [0, 0.05) is 7.05 Å². The molecular formula is C26H29N3O. The number of hydrogen-bond acceptors (Lipinski definition) is 4. The van der Waals surface area contributed by atoms with Gasteiger partial charge >= 0.3 is 0 Å². The molecule has 4 nitrogen and oxygen atoms in total. The van der Waals surface area contributed by atoms with Crippen LogP contribution in [0.1, 0.15) is 30.9 Å². The van der Waals surface area contributed by atoms with Crippen LogP contribution < -0.4 is 10.5 Å². The van der Waals surface area contributed by atoms with Gasteiger partial charge < -0.3 is 15.4 Å². The average Bonchev–Trinajstić information content (AvgIpc) is 3.10. The van der Waals surface area contributed by atoms with Gasteiger partial charge in [-0.2, -0.15) is 0 Å². The number of nitrogens with zero attached hydrogens (tertiary/aromatic N) is 2. The monoisotopic (exact) mass is 399 g/mol. The molecule has 4 rings (SSSR count). The van der Waals surface area contributed by atoms with E-state index in [0.717, 1.165) is 47.5 Å². The highest BCUT2D eigenvalue weighted by molar-refractivity contribution is 5.82. The molecule has 2 N–H and O–H groups in total. The fourth-order valence-electron chi connectivity index (χ4n) is 3.99. The lowest BCUT2D eigenvalue weighted by Gasteiger charge is -2.28.